The molecule has 23 heavy (non-hydrogen) atoms. The zero-order valence-electron chi connectivity index (χ0n) is 14.6. The number of hydrogen-bond donors (Lipinski definition) is 1. The van der Waals surface area contributed by atoms with Crippen molar-refractivity contribution in [2.24, 2.45) is 10.4 Å². The molecule has 0 unspecified atom stereocenters. The summed E-state index contributed by atoms with van der Waals surface area (Å²) in [4.78, 5) is 6.72. The molecule has 1 N–H and O–H groups in total. The second-order valence-corrected chi connectivity index (χ2v) is 6.79. The van der Waals surface area contributed by atoms with Crippen molar-refractivity contribution in [3.63, 3.8) is 0 Å². The van der Waals surface area contributed by atoms with Crippen molar-refractivity contribution < 1.29 is 17.9 Å². The highest BCUT2D eigenvalue weighted by molar-refractivity contribution is 14.0. The third-order valence-corrected chi connectivity index (χ3v) is 4.45. The van der Waals surface area contributed by atoms with E-state index in [1.165, 1.54) is 0 Å². The van der Waals surface area contributed by atoms with Gasteiger partial charge in [-0.05, 0) is 27.2 Å². The van der Waals surface area contributed by atoms with Crippen LogP contribution in [0.1, 0.15) is 41.0 Å². The molecule has 0 saturated carbocycles. The van der Waals surface area contributed by atoms with E-state index in [9.17, 15) is 13.2 Å². The Balaban J connectivity index is 0.00000484. The summed E-state index contributed by atoms with van der Waals surface area (Å²) in [6, 6.07) is 0. The van der Waals surface area contributed by atoms with Crippen molar-refractivity contribution in [2.45, 2.75) is 52.8 Å². The molecular weight excluding hydrogens is 422 g/mol. The standard InChI is InChI=1S/C15H28F3N3O.HI/c1-6-19-12(21-10-13(2,3)14(21,4)5)20-8-7-9-22-11-15(16,17)18;/h6-11H2,1-5H3,(H,19,20);1H. The number of rotatable bonds is 6. The summed E-state index contributed by atoms with van der Waals surface area (Å²) in [5, 5.41) is 3.25. The van der Waals surface area contributed by atoms with Crippen LogP contribution in [0, 0.1) is 5.41 Å². The molecule has 0 aromatic rings. The molecule has 1 aliphatic heterocycles. The molecule has 0 atom stereocenters. The number of nitrogens with zero attached hydrogens (tertiary/aromatic N) is 2. The Hall–Kier alpha value is -0.250. The quantitative estimate of drug-likeness (QED) is 0.290. The van der Waals surface area contributed by atoms with E-state index in [1.807, 2.05) is 6.92 Å². The highest BCUT2D eigenvalue weighted by Crippen LogP contribution is 2.46. The van der Waals surface area contributed by atoms with Gasteiger partial charge in [0, 0.05) is 37.2 Å². The molecule has 1 heterocycles. The summed E-state index contributed by atoms with van der Waals surface area (Å²) in [6.45, 7) is 11.8. The molecule has 138 valence electrons. The first-order chi connectivity index (χ1) is 10.0. The van der Waals surface area contributed by atoms with Gasteiger partial charge in [-0.1, -0.05) is 13.8 Å². The van der Waals surface area contributed by atoms with E-state index < -0.39 is 12.8 Å². The van der Waals surface area contributed by atoms with Crippen molar-refractivity contribution >= 4 is 29.9 Å². The highest BCUT2D eigenvalue weighted by atomic mass is 127. The number of guanidine groups is 1. The Labute approximate surface area is 154 Å². The van der Waals surface area contributed by atoms with E-state index in [4.69, 9.17) is 0 Å². The van der Waals surface area contributed by atoms with Gasteiger partial charge in [-0.3, -0.25) is 4.99 Å². The van der Waals surface area contributed by atoms with Crippen molar-refractivity contribution in [1.29, 1.82) is 0 Å². The summed E-state index contributed by atoms with van der Waals surface area (Å²) in [5.74, 6) is 0.822. The number of halogens is 4. The molecule has 0 radical (unpaired) electrons. The average Bonchev–Trinajstić information content (AvgIpc) is 2.37. The third-order valence-electron chi connectivity index (χ3n) is 4.45. The molecule has 0 aromatic heterocycles. The molecule has 0 spiro atoms. The summed E-state index contributed by atoms with van der Waals surface area (Å²) in [7, 11) is 0. The van der Waals surface area contributed by atoms with Gasteiger partial charge in [-0.2, -0.15) is 13.2 Å². The first-order valence-corrected chi connectivity index (χ1v) is 7.72. The largest absolute Gasteiger partial charge is 0.411 e. The Bertz CT molecular complexity index is 398. The van der Waals surface area contributed by atoms with Gasteiger partial charge in [-0.25, -0.2) is 0 Å². The molecule has 0 bridgehead atoms. The van der Waals surface area contributed by atoms with Crippen molar-refractivity contribution in [1.82, 2.24) is 10.2 Å². The number of alkyl halides is 3. The van der Waals surface area contributed by atoms with E-state index in [1.54, 1.807) is 0 Å². The molecule has 0 aromatic carbocycles. The van der Waals surface area contributed by atoms with E-state index in [0.717, 1.165) is 19.0 Å². The second-order valence-electron chi connectivity index (χ2n) is 6.79. The fourth-order valence-electron chi connectivity index (χ4n) is 2.33. The number of likely N-dealkylation sites (tertiary alicyclic amines) is 1. The monoisotopic (exact) mass is 451 g/mol. The molecule has 1 fully saturated rings. The maximum atomic E-state index is 11.9. The predicted molar refractivity (Wildman–Crippen MR) is 97.5 cm³/mol. The van der Waals surface area contributed by atoms with Crippen LogP contribution >= 0.6 is 24.0 Å². The normalized spacial score (nSPS) is 19.8. The number of ether oxygens (including phenoxy) is 1. The van der Waals surface area contributed by atoms with Gasteiger partial charge < -0.3 is 15.0 Å². The highest BCUT2D eigenvalue weighted by Gasteiger charge is 2.53. The topological polar surface area (TPSA) is 36.9 Å². The van der Waals surface area contributed by atoms with Crippen LogP contribution in [0.3, 0.4) is 0 Å². The van der Waals surface area contributed by atoms with E-state index >= 15 is 0 Å². The molecule has 8 heteroatoms. The minimum Gasteiger partial charge on any atom is -0.372 e. The maximum absolute atomic E-state index is 11.9. The van der Waals surface area contributed by atoms with Crippen LogP contribution in [0.15, 0.2) is 4.99 Å². The summed E-state index contributed by atoms with van der Waals surface area (Å²) in [5.41, 5.74) is 0.208. The SMILES string of the molecule is CCNC(=NCCCOCC(F)(F)F)N1CC(C)(C)C1(C)C.I. The zero-order chi connectivity index (χ0) is 17.0. The Morgan fingerprint density at radius 1 is 1.26 bits per heavy atom. The number of aliphatic imine (C=N–C) groups is 1. The van der Waals surface area contributed by atoms with Gasteiger partial charge >= 0.3 is 6.18 Å². The molecule has 1 saturated heterocycles. The fourth-order valence-corrected chi connectivity index (χ4v) is 2.33. The Kier molecular flexibility index (Phi) is 8.64. The van der Waals surface area contributed by atoms with E-state index in [0.29, 0.717) is 13.0 Å². The average molecular weight is 451 g/mol. The molecule has 1 aliphatic rings. The lowest BCUT2D eigenvalue weighted by molar-refractivity contribution is -0.173. The lowest BCUT2D eigenvalue weighted by Gasteiger charge is -2.62. The molecule has 0 amide bonds. The molecule has 0 aliphatic carbocycles. The zero-order valence-corrected chi connectivity index (χ0v) is 16.9. The van der Waals surface area contributed by atoms with Gasteiger partial charge in [0.25, 0.3) is 0 Å². The Morgan fingerprint density at radius 3 is 2.30 bits per heavy atom. The molecular formula is C15H29F3IN3O. The van der Waals surface area contributed by atoms with Crippen LogP contribution in [-0.2, 0) is 4.74 Å². The van der Waals surface area contributed by atoms with Gasteiger partial charge in [0.2, 0.25) is 0 Å². The van der Waals surface area contributed by atoms with Crippen LogP contribution in [0.5, 0.6) is 0 Å². The summed E-state index contributed by atoms with van der Waals surface area (Å²) < 4.78 is 40.4. The van der Waals surface area contributed by atoms with Crippen LogP contribution in [-0.4, -0.2) is 55.4 Å². The number of hydrogen-bond acceptors (Lipinski definition) is 2. The predicted octanol–water partition coefficient (Wildman–Crippen LogP) is 3.66. The van der Waals surface area contributed by atoms with Crippen molar-refractivity contribution in [3.8, 4) is 0 Å². The minimum atomic E-state index is -4.26. The Morgan fingerprint density at radius 2 is 1.87 bits per heavy atom. The van der Waals surface area contributed by atoms with Crippen LogP contribution in [0.4, 0.5) is 13.2 Å². The molecule has 4 nitrogen and oxygen atoms in total. The lowest BCUT2D eigenvalue weighted by atomic mass is 9.65. The van der Waals surface area contributed by atoms with Crippen molar-refractivity contribution in [3.05, 3.63) is 0 Å². The van der Waals surface area contributed by atoms with Crippen molar-refractivity contribution in [2.75, 3.05) is 32.8 Å². The summed E-state index contributed by atoms with van der Waals surface area (Å²) >= 11 is 0. The third kappa shape index (κ3) is 6.28. The van der Waals surface area contributed by atoms with Gasteiger partial charge in [0.05, 0.1) is 0 Å². The van der Waals surface area contributed by atoms with Crippen LogP contribution in [0.25, 0.3) is 0 Å². The smallest absolute Gasteiger partial charge is 0.372 e. The van der Waals surface area contributed by atoms with E-state index in [-0.39, 0.29) is 41.5 Å². The first kappa shape index (κ1) is 22.8. The first-order valence-electron chi connectivity index (χ1n) is 7.72. The van der Waals surface area contributed by atoms with E-state index in [2.05, 4.69) is 47.6 Å². The number of nitrogens with one attached hydrogen (secondary N) is 1. The van der Waals surface area contributed by atoms with Gasteiger partial charge in [0.15, 0.2) is 5.96 Å². The second kappa shape index (κ2) is 8.73. The fraction of sp³-hybridized carbons (Fsp3) is 0.933. The van der Waals surface area contributed by atoms with Crippen LogP contribution in [0.2, 0.25) is 0 Å². The summed E-state index contributed by atoms with van der Waals surface area (Å²) in [6.07, 6.45) is -3.78. The maximum Gasteiger partial charge on any atom is 0.411 e. The van der Waals surface area contributed by atoms with Gasteiger partial charge in [0.1, 0.15) is 6.61 Å². The van der Waals surface area contributed by atoms with Gasteiger partial charge in [-0.15, -0.1) is 24.0 Å². The lowest BCUT2D eigenvalue weighted by Crippen LogP contribution is -2.72. The molecule has 1 rings (SSSR count). The van der Waals surface area contributed by atoms with Crippen LogP contribution < -0.4 is 5.32 Å². The minimum absolute atomic E-state index is 0.